The van der Waals surface area contributed by atoms with Gasteiger partial charge in [-0.2, -0.15) is 13.2 Å². The first kappa shape index (κ1) is 14.3. The first-order valence-electron chi connectivity index (χ1n) is 5.83. The van der Waals surface area contributed by atoms with Crippen molar-refractivity contribution in [1.82, 2.24) is 10.3 Å². The maximum absolute atomic E-state index is 12.6. The van der Waals surface area contributed by atoms with Gasteiger partial charge in [-0.25, -0.2) is 4.98 Å². The Morgan fingerprint density at radius 1 is 1.47 bits per heavy atom. The van der Waals surface area contributed by atoms with Gasteiger partial charge in [0.2, 0.25) is 0 Å². The number of thiazole rings is 1. The van der Waals surface area contributed by atoms with Crippen molar-refractivity contribution in [3.63, 3.8) is 0 Å². The van der Waals surface area contributed by atoms with Gasteiger partial charge >= 0.3 is 6.18 Å². The second-order valence-corrected chi connectivity index (χ2v) is 5.50. The van der Waals surface area contributed by atoms with Crippen molar-refractivity contribution in [1.29, 1.82) is 0 Å². The standard InChI is InChI=1S/C11H13F3N2O2S/c12-11(13,14)8-7(16-6-19-8)9(17)15-5-10(18)3-1-2-4-10/h6,18H,1-5H2,(H,15,17). The molecule has 1 fully saturated rings. The molecule has 8 heteroatoms. The lowest BCUT2D eigenvalue weighted by atomic mass is 10.0. The Morgan fingerprint density at radius 2 is 2.11 bits per heavy atom. The number of carbonyl (C=O) groups excluding carboxylic acids is 1. The third-order valence-electron chi connectivity index (χ3n) is 3.15. The molecule has 1 saturated carbocycles. The summed E-state index contributed by atoms with van der Waals surface area (Å²) in [6, 6.07) is 0. The van der Waals surface area contributed by atoms with Crippen LogP contribution in [0.15, 0.2) is 5.51 Å². The maximum atomic E-state index is 12.6. The summed E-state index contributed by atoms with van der Waals surface area (Å²) in [6.07, 6.45) is -1.77. The number of carbonyl (C=O) groups is 1. The van der Waals surface area contributed by atoms with E-state index in [9.17, 15) is 23.1 Å². The average molecular weight is 294 g/mol. The predicted molar refractivity (Wildman–Crippen MR) is 62.9 cm³/mol. The molecule has 1 heterocycles. The van der Waals surface area contributed by atoms with Gasteiger partial charge in [0.25, 0.3) is 5.91 Å². The van der Waals surface area contributed by atoms with Gasteiger partial charge in [-0.05, 0) is 12.8 Å². The maximum Gasteiger partial charge on any atom is 0.427 e. The fourth-order valence-corrected chi connectivity index (χ4v) is 2.80. The van der Waals surface area contributed by atoms with Crippen LogP contribution in [0.4, 0.5) is 13.2 Å². The molecule has 2 N–H and O–H groups in total. The lowest BCUT2D eigenvalue weighted by Gasteiger charge is -2.22. The molecule has 0 atom stereocenters. The number of amides is 1. The van der Waals surface area contributed by atoms with Crippen molar-refractivity contribution in [3.8, 4) is 0 Å². The molecule has 0 bridgehead atoms. The van der Waals surface area contributed by atoms with Gasteiger partial charge in [0.1, 0.15) is 4.88 Å². The van der Waals surface area contributed by atoms with Crippen LogP contribution in [0.1, 0.15) is 41.0 Å². The summed E-state index contributed by atoms with van der Waals surface area (Å²) in [6.45, 7) is -0.0410. The van der Waals surface area contributed by atoms with Crippen LogP contribution in [0, 0.1) is 0 Å². The van der Waals surface area contributed by atoms with Crippen molar-refractivity contribution in [2.45, 2.75) is 37.5 Å². The summed E-state index contributed by atoms with van der Waals surface area (Å²) in [4.78, 5) is 14.1. The Labute approximate surface area is 111 Å². The van der Waals surface area contributed by atoms with Gasteiger partial charge in [-0.15, -0.1) is 11.3 Å². The molecule has 1 aromatic heterocycles. The van der Waals surface area contributed by atoms with Gasteiger partial charge in [0, 0.05) is 6.54 Å². The molecule has 0 aromatic carbocycles. The molecular weight excluding hydrogens is 281 g/mol. The SMILES string of the molecule is O=C(NCC1(O)CCCC1)c1ncsc1C(F)(F)F. The van der Waals surface area contributed by atoms with E-state index in [0.29, 0.717) is 24.2 Å². The van der Waals surface area contributed by atoms with Crippen LogP contribution in [0.3, 0.4) is 0 Å². The fourth-order valence-electron chi connectivity index (χ4n) is 2.15. The molecule has 4 nitrogen and oxygen atoms in total. The fraction of sp³-hybridized carbons (Fsp3) is 0.636. The quantitative estimate of drug-likeness (QED) is 0.898. The lowest BCUT2D eigenvalue weighted by molar-refractivity contribution is -0.134. The molecule has 106 valence electrons. The Bertz CT molecular complexity index is 467. The molecule has 0 saturated heterocycles. The number of hydrogen-bond acceptors (Lipinski definition) is 4. The zero-order chi connectivity index (χ0) is 14.1. The van der Waals surface area contributed by atoms with Crippen molar-refractivity contribution >= 4 is 17.2 Å². The van der Waals surface area contributed by atoms with Crippen LogP contribution in [0.2, 0.25) is 0 Å². The number of nitrogens with zero attached hydrogens (tertiary/aromatic N) is 1. The van der Waals surface area contributed by atoms with E-state index in [0.717, 1.165) is 18.4 Å². The van der Waals surface area contributed by atoms with Crippen LogP contribution in [0.5, 0.6) is 0 Å². The number of aromatic nitrogens is 1. The monoisotopic (exact) mass is 294 g/mol. The summed E-state index contributed by atoms with van der Waals surface area (Å²) < 4.78 is 37.8. The third-order valence-corrected chi connectivity index (χ3v) is 4.02. The highest BCUT2D eigenvalue weighted by Gasteiger charge is 2.38. The third kappa shape index (κ3) is 3.24. The molecule has 2 rings (SSSR count). The summed E-state index contributed by atoms with van der Waals surface area (Å²) in [7, 11) is 0. The number of hydrogen-bond donors (Lipinski definition) is 2. The van der Waals surface area contributed by atoms with E-state index in [-0.39, 0.29) is 6.54 Å². The lowest BCUT2D eigenvalue weighted by Crippen LogP contribution is -2.41. The summed E-state index contributed by atoms with van der Waals surface area (Å²) >= 11 is 0.383. The minimum Gasteiger partial charge on any atom is -0.388 e. The molecular formula is C11H13F3N2O2S. The van der Waals surface area contributed by atoms with E-state index in [1.165, 1.54) is 0 Å². The first-order chi connectivity index (χ1) is 8.82. The smallest absolute Gasteiger partial charge is 0.388 e. The molecule has 0 aliphatic heterocycles. The Kier molecular flexibility index (Phi) is 3.82. The van der Waals surface area contributed by atoms with Crippen LogP contribution < -0.4 is 5.32 Å². The van der Waals surface area contributed by atoms with Crippen molar-refractivity contribution < 1.29 is 23.1 Å². The number of alkyl halides is 3. The van der Waals surface area contributed by atoms with Crippen LogP contribution >= 0.6 is 11.3 Å². The Morgan fingerprint density at radius 3 is 2.68 bits per heavy atom. The minimum absolute atomic E-state index is 0.0410. The summed E-state index contributed by atoms with van der Waals surface area (Å²) in [5.41, 5.74) is -0.634. The van der Waals surface area contributed by atoms with E-state index in [2.05, 4.69) is 10.3 Å². The highest BCUT2D eigenvalue weighted by atomic mass is 32.1. The second kappa shape index (κ2) is 5.09. The number of aliphatic hydroxyl groups is 1. The van der Waals surface area contributed by atoms with Crippen LogP contribution in [0.25, 0.3) is 0 Å². The summed E-state index contributed by atoms with van der Waals surface area (Å²) in [5.74, 6) is -0.895. The molecule has 0 unspecified atom stereocenters. The van der Waals surface area contributed by atoms with E-state index in [1.807, 2.05) is 0 Å². The first-order valence-corrected chi connectivity index (χ1v) is 6.71. The molecule has 1 aliphatic carbocycles. The number of rotatable bonds is 3. The molecule has 0 radical (unpaired) electrons. The second-order valence-electron chi connectivity index (χ2n) is 4.64. The van der Waals surface area contributed by atoms with E-state index >= 15 is 0 Å². The normalized spacial score (nSPS) is 18.5. The highest BCUT2D eigenvalue weighted by molar-refractivity contribution is 7.10. The molecule has 1 amide bonds. The van der Waals surface area contributed by atoms with Crippen LogP contribution in [-0.4, -0.2) is 28.1 Å². The zero-order valence-corrected chi connectivity index (χ0v) is 10.8. The molecule has 19 heavy (non-hydrogen) atoms. The van der Waals surface area contributed by atoms with E-state index < -0.39 is 28.3 Å². The average Bonchev–Trinajstić information content (AvgIpc) is 2.94. The van der Waals surface area contributed by atoms with Gasteiger partial charge in [0.05, 0.1) is 11.1 Å². The van der Waals surface area contributed by atoms with Crippen LogP contribution in [-0.2, 0) is 6.18 Å². The number of nitrogens with one attached hydrogen (secondary N) is 1. The minimum atomic E-state index is -4.59. The van der Waals surface area contributed by atoms with Crippen molar-refractivity contribution in [2.75, 3.05) is 6.54 Å². The van der Waals surface area contributed by atoms with Gasteiger partial charge in [-0.3, -0.25) is 4.79 Å². The molecule has 0 spiro atoms. The Balaban J connectivity index is 2.03. The largest absolute Gasteiger partial charge is 0.427 e. The van der Waals surface area contributed by atoms with Gasteiger partial charge < -0.3 is 10.4 Å². The number of halogens is 3. The molecule has 1 aromatic rings. The topological polar surface area (TPSA) is 62.2 Å². The van der Waals surface area contributed by atoms with Gasteiger partial charge in [-0.1, -0.05) is 12.8 Å². The zero-order valence-electron chi connectivity index (χ0n) is 9.96. The molecule has 1 aliphatic rings. The highest BCUT2D eigenvalue weighted by Crippen LogP contribution is 2.35. The Hall–Kier alpha value is -1.15. The summed E-state index contributed by atoms with van der Waals surface area (Å²) in [5, 5.41) is 12.3. The van der Waals surface area contributed by atoms with Crippen molar-refractivity contribution in [3.05, 3.63) is 16.1 Å². The predicted octanol–water partition coefficient (Wildman–Crippen LogP) is 2.20. The van der Waals surface area contributed by atoms with Gasteiger partial charge in [0.15, 0.2) is 5.69 Å². The van der Waals surface area contributed by atoms with E-state index in [4.69, 9.17) is 0 Å². The van der Waals surface area contributed by atoms with Crippen molar-refractivity contribution in [2.24, 2.45) is 0 Å². The van der Waals surface area contributed by atoms with E-state index in [1.54, 1.807) is 0 Å².